The average molecular weight is 583 g/mol. The van der Waals surface area contributed by atoms with Crippen LogP contribution in [0.4, 0.5) is 0 Å². The Hall–Kier alpha value is -5.86. The van der Waals surface area contributed by atoms with Crippen molar-refractivity contribution >= 4 is 43.6 Å². The lowest BCUT2D eigenvalue weighted by Crippen LogP contribution is -1.96. The molecule has 0 aliphatic carbocycles. The number of fused-ring (bicyclic) bond motifs is 6. The molecule has 7 aromatic carbocycles. The summed E-state index contributed by atoms with van der Waals surface area (Å²) in [5.74, 6) is 0. The van der Waals surface area contributed by atoms with Crippen molar-refractivity contribution < 1.29 is 30.2 Å². The third-order valence-corrected chi connectivity index (χ3v) is 7.27. The molecule has 0 unspecified atom stereocenters. The lowest BCUT2D eigenvalue weighted by Gasteiger charge is -2.12. The summed E-state index contributed by atoms with van der Waals surface area (Å²) in [6.07, 6.45) is 0. The summed E-state index contributed by atoms with van der Waals surface area (Å²) in [5, 5.41) is -1.37. The zero-order valence-electron chi connectivity index (χ0n) is 44.4. The average Bonchev–Trinajstić information content (AvgIpc) is 3.82. The first kappa shape index (κ1) is 11.3. The van der Waals surface area contributed by atoms with Crippen molar-refractivity contribution in [3.8, 4) is 33.6 Å². The molecule has 0 aliphatic heterocycles. The number of rotatable bonds is 4. The Morgan fingerprint density at radius 3 is 1.61 bits per heavy atom. The van der Waals surface area contributed by atoms with Gasteiger partial charge in [0.25, 0.3) is 0 Å². The molecule has 0 atom stereocenters. The highest BCUT2D eigenvalue weighted by atomic mass is 15.0. The molecule has 206 valence electrons. The van der Waals surface area contributed by atoms with Gasteiger partial charge in [0.2, 0.25) is 0 Å². The van der Waals surface area contributed by atoms with Crippen LogP contribution in [0.5, 0.6) is 0 Å². The Balaban J connectivity index is 1.44. The fourth-order valence-electron chi connectivity index (χ4n) is 5.40. The number of nitrogens with zero attached hydrogens (tertiary/aromatic N) is 2. The van der Waals surface area contributed by atoms with Gasteiger partial charge in [-0.05, 0) is 76.7 Å². The summed E-state index contributed by atoms with van der Waals surface area (Å²) < 4.78 is 196. The van der Waals surface area contributed by atoms with Gasteiger partial charge in [-0.1, -0.05) is 115 Å². The lowest BCUT2D eigenvalue weighted by molar-refractivity contribution is 1.17. The third-order valence-electron chi connectivity index (χ3n) is 7.27. The molecule has 0 N–H and O–H groups in total. The molecule has 0 amide bonds. The van der Waals surface area contributed by atoms with Crippen molar-refractivity contribution in [1.82, 2.24) is 9.13 Å². The van der Waals surface area contributed by atoms with E-state index in [0.29, 0.717) is 0 Å². The van der Waals surface area contributed by atoms with Crippen LogP contribution in [0.15, 0.2) is 169 Å². The van der Waals surface area contributed by atoms with Gasteiger partial charge in [0.1, 0.15) is 0 Å². The minimum Gasteiger partial charge on any atom is -0.309 e. The summed E-state index contributed by atoms with van der Waals surface area (Å²) in [6, 6.07) is -6.19. The quantitative estimate of drug-likeness (QED) is 0.195. The Kier molecular flexibility index (Phi) is 2.54. The molecular weight excluding hydrogens is 532 g/mol. The van der Waals surface area contributed by atoms with Gasteiger partial charge in [0, 0.05) is 32.9 Å². The van der Waals surface area contributed by atoms with Gasteiger partial charge in [-0.25, -0.2) is 0 Å². The van der Waals surface area contributed by atoms with Crippen molar-refractivity contribution in [3.05, 3.63) is 169 Å². The molecule has 2 heteroatoms. The second kappa shape index (κ2) is 9.86. The molecule has 9 aromatic rings. The van der Waals surface area contributed by atoms with E-state index in [-0.39, 0.29) is 66.6 Å². The zero-order chi connectivity index (χ0) is 48.2. The van der Waals surface area contributed by atoms with Crippen LogP contribution < -0.4 is 0 Å². The summed E-state index contributed by atoms with van der Waals surface area (Å²) in [5.41, 5.74) is -2.74. The Morgan fingerprint density at radius 2 is 0.932 bits per heavy atom. The van der Waals surface area contributed by atoms with E-state index in [9.17, 15) is 5.48 Å². The molecule has 0 radical (unpaired) electrons. The van der Waals surface area contributed by atoms with Crippen molar-refractivity contribution in [2.75, 3.05) is 0 Å². The summed E-state index contributed by atoms with van der Waals surface area (Å²) >= 11 is 0. The molecule has 0 spiro atoms. The first-order valence-corrected chi connectivity index (χ1v) is 13.3. The van der Waals surface area contributed by atoms with Gasteiger partial charge in [0.15, 0.2) is 0 Å². The van der Waals surface area contributed by atoms with E-state index in [4.69, 9.17) is 24.7 Å². The summed E-state index contributed by atoms with van der Waals surface area (Å²) in [4.78, 5) is 0. The predicted octanol–water partition coefficient (Wildman–Crippen LogP) is 11.2. The van der Waals surface area contributed by atoms with Gasteiger partial charge >= 0.3 is 0 Å². The molecule has 44 heavy (non-hydrogen) atoms. The smallest absolute Gasteiger partial charge is 0.0652 e. The number of para-hydroxylation sites is 3. The van der Waals surface area contributed by atoms with Crippen LogP contribution in [-0.4, -0.2) is 9.13 Å². The van der Waals surface area contributed by atoms with Crippen LogP contribution in [0.3, 0.4) is 0 Å². The topological polar surface area (TPSA) is 9.86 Å². The Morgan fingerprint density at radius 1 is 0.364 bits per heavy atom. The first-order valence-electron chi connectivity index (χ1n) is 24.3. The van der Waals surface area contributed by atoms with Gasteiger partial charge in [-0.15, -0.1) is 0 Å². The maximum Gasteiger partial charge on any atom is 0.0652 e. The van der Waals surface area contributed by atoms with Crippen molar-refractivity contribution in [3.63, 3.8) is 0 Å². The van der Waals surface area contributed by atoms with E-state index >= 15 is 0 Å². The lowest BCUT2D eigenvalue weighted by atomic mass is 9.99. The molecule has 0 aliphatic rings. The molecule has 9 rings (SSSR count). The molecular formula is C42H28N2. The number of aromatic nitrogens is 2. The third kappa shape index (κ3) is 3.82. The first-order chi connectivity index (χ1) is 31.0. The number of benzene rings is 7. The zero-order valence-corrected chi connectivity index (χ0v) is 22.4. The Labute approximate surface area is 286 Å². The molecule has 0 saturated heterocycles. The van der Waals surface area contributed by atoms with Gasteiger partial charge < -0.3 is 9.13 Å². The molecule has 0 bridgehead atoms. The molecule has 2 aromatic heterocycles. The van der Waals surface area contributed by atoms with Crippen LogP contribution in [-0.2, 0) is 0 Å². The minimum atomic E-state index is -0.804. The summed E-state index contributed by atoms with van der Waals surface area (Å²) in [7, 11) is 0. The fraction of sp³-hybridized carbons (Fsp3) is 0. The van der Waals surface area contributed by atoms with Crippen LogP contribution in [0.2, 0.25) is 0 Å². The highest BCUT2D eigenvalue weighted by molar-refractivity contribution is 6.12. The van der Waals surface area contributed by atoms with Crippen LogP contribution in [0.1, 0.15) is 30.2 Å². The van der Waals surface area contributed by atoms with E-state index < -0.39 is 144 Å². The maximum absolute atomic E-state index is 9.82. The van der Waals surface area contributed by atoms with Crippen LogP contribution in [0.25, 0.3) is 77.2 Å². The number of hydrogen-bond donors (Lipinski definition) is 0. The molecule has 0 saturated carbocycles. The second-order valence-electron chi connectivity index (χ2n) is 9.71. The van der Waals surface area contributed by atoms with E-state index in [0.717, 1.165) is 16.7 Å². The Bertz CT molecular complexity index is 3640. The highest BCUT2D eigenvalue weighted by Crippen LogP contribution is 2.37. The van der Waals surface area contributed by atoms with E-state index in [1.54, 1.807) is 0 Å². The predicted molar refractivity (Wildman–Crippen MR) is 186 cm³/mol. The molecule has 2 nitrogen and oxygen atoms in total. The highest BCUT2D eigenvalue weighted by Gasteiger charge is 2.16. The van der Waals surface area contributed by atoms with Crippen LogP contribution >= 0.6 is 0 Å². The second-order valence-corrected chi connectivity index (χ2v) is 9.71. The van der Waals surface area contributed by atoms with E-state index in [2.05, 4.69) is 0 Å². The summed E-state index contributed by atoms with van der Waals surface area (Å²) in [6.45, 7) is 0. The number of hydrogen-bond acceptors (Lipinski definition) is 0. The molecule has 2 heterocycles. The largest absolute Gasteiger partial charge is 0.309 e. The van der Waals surface area contributed by atoms with Gasteiger partial charge in [-0.3, -0.25) is 0 Å². The monoisotopic (exact) mass is 582 g/mol. The van der Waals surface area contributed by atoms with E-state index in [1.807, 2.05) is 0 Å². The van der Waals surface area contributed by atoms with Crippen LogP contribution in [0, 0.1) is 0 Å². The fourth-order valence-corrected chi connectivity index (χ4v) is 5.40. The SMILES string of the molecule is [2H]c1cc([2H])c([2H])c(-c2c([2H])cc([2H])c(-c3cccc(-n4c5c([2H])c([2H])c([2H])c([2H])c5c5c([2H])c(-n6c7c([2H])c([2H])c([2H])c([2H])c7c7c([2H])c([2H])c([2H])c([2H])c76)c([2H])c([2H])c54)c3)c2[2H])c1[2H]. The standard InChI is InChI=1S/C42H28N2/c1-2-12-29(13-3-1)30-14-10-15-31(26-30)32-16-11-17-33(27-32)43-41-23-9-6-20-37(41)38-28-34(24-25-42(38)43)44-39-21-7-4-18-35(39)36-19-5-8-22-40(36)44/h1-28H/i2D,3D,4D,5D,6D,7D,8D,9D,12D,13D,14D,15D,18D,19D,20D,21D,22D,23D,24D,25D,26D,28D. The normalized spacial score (nSPS) is 18.6. The van der Waals surface area contributed by atoms with Crippen molar-refractivity contribution in [2.45, 2.75) is 0 Å². The minimum absolute atomic E-state index is 0.0249. The molecule has 0 fully saturated rings. The van der Waals surface area contributed by atoms with Crippen molar-refractivity contribution in [1.29, 1.82) is 0 Å². The van der Waals surface area contributed by atoms with Gasteiger partial charge in [-0.2, -0.15) is 0 Å². The van der Waals surface area contributed by atoms with E-state index in [1.165, 1.54) is 28.8 Å². The van der Waals surface area contributed by atoms with Gasteiger partial charge in [0.05, 0.1) is 52.2 Å². The maximum atomic E-state index is 9.82. The van der Waals surface area contributed by atoms with Crippen molar-refractivity contribution in [2.24, 2.45) is 0 Å².